The Morgan fingerprint density at radius 1 is 0.962 bits per heavy atom. The van der Waals surface area contributed by atoms with Gasteiger partial charge >= 0.3 is 0 Å². The van der Waals surface area contributed by atoms with Gasteiger partial charge in [0.05, 0.1) is 4.92 Å². The summed E-state index contributed by atoms with van der Waals surface area (Å²) in [5.41, 5.74) is 0.817. The predicted molar refractivity (Wildman–Crippen MR) is 107 cm³/mol. The van der Waals surface area contributed by atoms with Crippen molar-refractivity contribution >= 4 is 17.7 Å². The van der Waals surface area contributed by atoms with Crippen LogP contribution >= 0.6 is 0 Å². The molecule has 26 heavy (non-hydrogen) atoms. The van der Waals surface area contributed by atoms with E-state index in [9.17, 15) is 14.9 Å². The molecule has 1 aromatic rings. The van der Waals surface area contributed by atoms with E-state index in [-0.39, 0.29) is 11.6 Å². The quantitative estimate of drug-likeness (QED) is 0.202. The fraction of sp³-hybridized carbons (Fsp3) is 0.571. The number of nitrogens with one attached hydrogen (secondary N) is 1. The van der Waals surface area contributed by atoms with Crippen molar-refractivity contribution in [3.05, 3.63) is 46.0 Å². The molecule has 0 aliphatic heterocycles. The summed E-state index contributed by atoms with van der Waals surface area (Å²) in [5, 5.41) is 13.5. The molecular formula is C21H32N2O3. The van der Waals surface area contributed by atoms with Gasteiger partial charge in [0, 0.05) is 24.8 Å². The van der Waals surface area contributed by atoms with Gasteiger partial charge in [-0.2, -0.15) is 0 Å². The Balaban J connectivity index is 2.03. The third-order valence-corrected chi connectivity index (χ3v) is 4.36. The Bertz CT molecular complexity index is 553. The molecule has 1 N–H and O–H groups in total. The van der Waals surface area contributed by atoms with Crippen LogP contribution in [0, 0.1) is 10.1 Å². The number of carbonyl (C=O) groups is 1. The predicted octanol–water partition coefficient (Wildman–Crippen LogP) is 5.65. The molecule has 0 unspecified atom stereocenters. The zero-order valence-electron chi connectivity index (χ0n) is 15.9. The molecule has 0 fully saturated rings. The highest BCUT2D eigenvalue weighted by molar-refractivity contribution is 5.91. The zero-order chi connectivity index (χ0) is 19.0. The van der Waals surface area contributed by atoms with Crippen LogP contribution in [0.25, 0.3) is 6.08 Å². The number of non-ortho nitro benzene ring substituents is 1. The number of hydrogen-bond acceptors (Lipinski definition) is 3. The third-order valence-electron chi connectivity index (χ3n) is 4.36. The van der Waals surface area contributed by atoms with Crippen LogP contribution in [0.4, 0.5) is 5.69 Å². The molecule has 0 heterocycles. The minimum Gasteiger partial charge on any atom is -0.353 e. The van der Waals surface area contributed by atoms with Crippen molar-refractivity contribution in [3.8, 4) is 0 Å². The highest BCUT2D eigenvalue weighted by Crippen LogP contribution is 2.13. The summed E-state index contributed by atoms with van der Waals surface area (Å²) < 4.78 is 0. The van der Waals surface area contributed by atoms with Crippen molar-refractivity contribution in [2.24, 2.45) is 0 Å². The number of benzene rings is 1. The normalized spacial score (nSPS) is 11.0. The van der Waals surface area contributed by atoms with Gasteiger partial charge in [0.2, 0.25) is 5.91 Å². The van der Waals surface area contributed by atoms with Gasteiger partial charge in [0.25, 0.3) is 5.69 Å². The molecule has 0 spiro atoms. The van der Waals surface area contributed by atoms with Crippen molar-refractivity contribution in [2.75, 3.05) is 6.54 Å². The number of nitro benzene ring substituents is 1. The SMILES string of the molecule is CCCCCCCCCCCCNC(=O)/C=C/c1ccc([N+](=O)[O-])cc1. The van der Waals surface area contributed by atoms with E-state index in [0.29, 0.717) is 6.54 Å². The lowest BCUT2D eigenvalue weighted by atomic mass is 10.1. The second kappa shape index (κ2) is 14.0. The first-order valence-corrected chi connectivity index (χ1v) is 9.84. The van der Waals surface area contributed by atoms with Gasteiger partial charge in [-0.1, -0.05) is 64.7 Å². The van der Waals surface area contributed by atoms with E-state index in [4.69, 9.17) is 0 Å². The van der Waals surface area contributed by atoms with Gasteiger partial charge in [-0.3, -0.25) is 14.9 Å². The molecule has 5 nitrogen and oxygen atoms in total. The Morgan fingerprint density at radius 2 is 1.50 bits per heavy atom. The van der Waals surface area contributed by atoms with E-state index >= 15 is 0 Å². The molecule has 0 saturated heterocycles. The average Bonchev–Trinajstić information content (AvgIpc) is 2.64. The standard InChI is InChI=1S/C21H32N2O3/c1-2-3-4-5-6-7-8-9-10-11-18-22-21(24)17-14-19-12-15-20(16-13-19)23(25)26/h12-17H,2-11,18H2,1H3,(H,22,24)/b17-14+. The molecule has 0 bridgehead atoms. The number of nitro groups is 1. The van der Waals surface area contributed by atoms with Gasteiger partial charge in [-0.15, -0.1) is 0 Å². The van der Waals surface area contributed by atoms with Gasteiger partial charge in [0.15, 0.2) is 0 Å². The first-order chi connectivity index (χ1) is 12.6. The number of carbonyl (C=O) groups excluding carboxylic acids is 1. The second-order valence-electron chi connectivity index (χ2n) is 6.65. The van der Waals surface area contributed by atoms with Gasteiger partial charge in [0.1, 0.15) is 0 Å². The summed E-state index contributed by atoms with van der Waals surface area (Å²) in [6, 6.07) is 6.12. The Morgan fingerprint density at radius 3 is 2.04 bits per heavy atom. The van der Waals surface area contributed by atoms with Crippen molar-refractivity contribution in [3.63, 3.8) is 0 Å². The summed E-state index contributed by atoms with van der Waals surface area (Å²) in [4.78, 5) is 21.9. The van der Waals surface area contributed by atoms with Gasteiger partial charge in [-0.25, -0.2) is 0 Å². The Labute approximate surface area is 157 Å². The fourth-order valence-electron chi connectivity index (χ4n) is 2.76. The molecule has 0 aromatic heterocycles. The molecule has 5 heteroatoms. The maximum absolute atomic E-state index is 11.7. The largest absolute Gasteiger partial charge is 0.353 e. The first-order valence-electron chi connectivity index (χ1n) is 9.84. The monoisotopic (exact) mass is 360 g/mol. The van der Waals surface area contributed by atoms with Crippen molar-refractivity contribution in [1.29, 1.82) is 0 Å². The molecule has 1 rings (SSSR count). The van der Waals surface area contributed by atoms with E-state index in [0.717, 1.165) is 18.4 Å². The lowest BCUT2D eigenvalue weighted by Gasteiger charge is -2.03. The summed E-state index contributed by atoms with van der Waals surface area (Å²) in [6.07, 6.45) is 15.9. The number of hydrogen-bond donors (Lipinski definition) is 1. The number of amides is 1. The average molecular weight is 360 g/mol. The van der Waals surface area contributed by atoms with Crippen LogP contribution in [0.15, 0.2) is 30.3 Å². The van der Waals surface area contributed by atoms with Gasteiger partial charge < -0.3 is 5.32 Å². The molecular weight excluding hydrogens is 328 g/mol. The first kappa shape index (κ1) is 21.9. The summed E-state index contributed by atoms with van der Waals surface area (Å²) >= 11 is 0. The van der Waals surface area contributed by atoms with Crippen LogP contribution in [0.3, 0.4) is 0 Å². The minimum absolute atomic E-state index is 0.0487. The Kier molecular flexibility index (Phi) is 11.8. The molecule has 0 radical (unpaired) electrons. The topological polar surface area (TPSA) is 72.2 Å². The molecule has 1 aromatic carbocycles. The third kappa shape index (κ3) is 10.6. The lowest BCUT2D eigenvalue weighted by molar-refractivity contribution is -0.384. The van der Waals surface area contributed by atoms with Crippen molar-refractivity contribution < 1.29 is 9.72 Å². The number of rotatable bonds is 14. The van der Waals surface area contributed by atoms with Crippen molar-refractivity contribution in [1.82, 2.24) is 5.32 Å². The smallest absolute Gasteiger partial charge is 0.269 e. The highest BCUT2D eigenvalue weighted by Gasteiger charge is 2.02. The van der Waals surface area contributed by atoms with Crippen LogP contribution in [-0.2, 0) is 4.79 Å². The van der Waals surface area contributed by atoms with E-state index in [1.165, 1.54) is 69.6 Å². The van der Waals surface area contributed by atoms with E-state index in [1.807, 2.05) is 0 Å². The summed E-state index contributed by atoms with van der Waals surface area (Å²) in [7, 11) is 0. The van der Waals surface area contributed by atoms with Crippen LogP contribution in [0.5, 0.6) is 0 Å². The fourth-order valence-corrected chi connectivity index (χ4v) is 2.76. The van der Waals surface area contributed by atoms with Gasteiger partial charge in [-0.05, 0) is 30.2 Å². The summed E-state index contributed by atoms with van der Waals surface area (Å²) in [6.45, 7) is 2.93. The number of nitrogens with zero attached hydrogens (tertiary/aromatic N) is 1. The zero-order valence-corrected chi connectivity index (χ0v) is 15.9. The van der Waals surface area contributed by atoms with Crippen LogP contribution in [0.2, 0.25) is 0 Å². The Hall–Kier alpha value is -2.17. The maximum Gasteiger partial charge on any atom is 0.269 e. The van der Waals surface area contributed by atoms with Crippen LogP contribution in [-0.4, -0.2) is 17.4 Å². The maximum atomic E-state index is 11.7. The van der Waals surface area contributed by atoms with E-state index in [2.05, 4.69) is 12.2 Å². The highest BCUT2D eigenvalue weighted by atomic mass is 16.6. The molecule has 0 aliphatic carbocycles. The molecule has 144 valence electrons. The molecule has 0 aliphatic rings. The summed E-state index contributed by atoms with van der Waals surface area (Å²) in [5.74, 6) is -0.126. The van der Waals surface area contributed by atoms with Crippen LogP contribution < -0.4 is 5.32 Å². The molecule has 0 atom stereocenters. The number of unbranched alkanes of at least 4 members (excludes halogenated alkanes) is 9. The van der Waals surface area contributed by atoms with E-state index in [1.54, 1.807) is 18.2 Å². The molecule has 1 amide bonds. The minimum atomic E-state index is -0.438. The van der Waals surface area contributed by atoms with E-state index < -0.39 is 4.92 Å². The second-order valence-corrected chi connectivity index (χ2v) is 6.65. The lowest BCUT2D eigenvalue weighted by Crippen LogP contribution is -2.21. The van der Waals surface area contributed by atoms with Crippen molar-refractivity contribution in [2.45, 2.75) is 71.1 Å². The van der Waals surface area contributed by atoms with Crippen LogP contribution in [0.1, 0.15) is 76.7 Å². The molecule has 0 saturated carbocycles.